The molecule has 0 fully saturated rings. The standard InChI is InChI=1S/C12H22ClN3/c1-10(2)7-14-4-5-16(3)9-12-6-11(13)8-15-12/h6,8,10,14-15H,4-5,7,9H2,1-3H3. The van der Waals surface area contributed by atoms with Crippen molar-refractivity contribution in [3.8, 4) is 0 Å². The van der Waals surface area contributed by atoms with E-state index in [4.69, 9.17) is 11.6 Å². The smallest absolute Gasteiger partial charge is 0.0583 e. The summed E-state index contributed by atoms with van der Waals surface area (Å²) in [5.41, 5.74) is 1.16. The topological polar surface area (TPSA) is 31.1 Å². The third-order valence-corrected chi connectivity index (χ3v) is 2.59. The summed E-state index contributed by atoms with van der Waals surface area (Å²) in [6.45, 7) is 8.51. The number of hydrogen-bond acceptors (Lipinski definition) is 2. The summed E-state index contributed by atoms with van der Waals surface area (Å²) in [4.78, 5) is 5.42. The van der Waals surface area contributed by atoms with Gasteiger partial charge in [-0.1, -0.05) is 25.4 Å². The Kier molecular flexibility index (Phi) is 5.88. The molecule has 0 aromatic carbocycles. The Labute approximate surface area is 103 Å². The lowest BCUT2D eigenvalue weighted by Gasteiger charge is -2.16. The SMILES string of the molecule is CC(C)CNCCN(C)Cc1cc(Cl)c[nH]1. The van der Waals surface area contributed by atoms with Crippen molar-refractivity contribution in [2.45, 2.75) is 20.4 Å². The Hall–Kier alpha value is -0.510. The minimum atomic E-state index is 0.715. The number of likely N-dealkylation sites (N-methyl/N-ethyl adjacent to an activating group) is 1. The van der Waals surface area contributed by atoms with Crippen molar-refractivity contribution in [3.63, 3.8) is 0 Å². The Morgan fingerprint density at radius 2 is 2.25 bits per heavy atom. The zero-order valence-electron chi connectivity index (χ0n) is 10.4. The van der Waals surface area contributed by atoms with Gasteiger partial charge in [0.05, 0.1) is 5.02 Å². The summed E-state index contributed by atoms with van der Waals surface area (Å²) < 4.78 is 0. The lowest BCUT2D eigenvalue weighted by atomic mass is 10.2. The maximum absolute atomic E-state index is 5.84. The van der Waals surface area contributed by atoms with Gasteiger partial charge in [0.2, 0.25) is 0 Å². The molecule has 4 heteroatoms. The summed E-state index contributed by atoms with van der Waals surface area (Å²) in [6.07, 6.45) is 1.82. The number of halogens is 1. The van der Waals surface area contributed by atoms with Crippen LogP contribution in [0.2, 0.25) is 5.02 Å². The normalized spacial score (nSPS) is 11.6. The van der Waals surface area contributed by atoms with E-state index < -0.39 is 0 Å². The fourth-order valence-electron chi connectivity index (χ4n) is 1.53. The molecule has 16 heavy (non-hydrogen) atoms. The van der Waals surface area contributed by atoms with E-state index in [9.17, 15) is 0 Å². The van der Waals surface area contributed by atoms with Gasteiger partial charge in [0.25, 0.3) is 0 Å². The summed E-state index contributed by atoms with van der Waals surface area (Å²) in [6, 6.07) is 1.97. The first kappa shape index (κ1) is 13.6. The van der Waals surface area contributed by atoms with E-state index in [1.54, 1.807) is 0 Å². The molecule has 0 saturated heterocycles. The molecule has 0 amide bonds. The molecule has 0 aliphatic heterocycles. The number of aromatic nitrogens is 1. The summed E-state index contributed by atoms with van der Waals surface area (Å²) in [7, 11) is 2.12. The highest BCUT2D eigenvalue weighted by atomic mass is 35.5. The lowest BCUT2D eigenvalue weighted by molar-refractivity contribution is 0.318. The number of hydrogen-bond donors (Lipinski definition) is 2. The molecule has 3 nitrogen and oxygen atoms in total. The van der Waals surface area contributed by atoms with E-state index in [0.717, 1.165) is 36.9 Å². The Bertz CT molecular complexity index is 296. The highest BCUT2D eigenvalue weighted by Gasteiger charge is 2.02. The van der Waals surface area contributed by atoms with E-state index in [-0.39, 0.29) is 0 Å². The molecular formula is C12H22ClN3. The van der Waals surface area contributed by atoms with Crippen molar-refractivity contribution in [1.82, 2.24) is 15.2 Å². The molecule has 1 heterocycles. The first-order valence-electron chi connectivity index (χ1n) is 5.80. The van der Waals surface area contributed by atoms with Gasteiger partial charge < -0.3 is 10.3 Å². The first-order valence-corrected chi connectivity index (χ1v) is 6.17. The first-order chi connectivity index (χ1) is 7.58. The Balaban J connectivity index is 2.13. The third kappa shape index (κ3) is 5.54. The van der Waals surface area contributed by atoms with E-state index in [0.29, 0.717) is 5.92 Å². The van der Waals surface area contributed by atoms with Gasteiger partial charge in [0.1, 0.15) is 0 Å². The van der Waals surface area contributed by atoms with Crippen LogP contribution in [0.1, 0.15) is 19.5 Å². The van der Waals surface area contributed by atoms with Gasteiger partial charge in [-0.15, -0.1) is 0 Å². The largest absolute Gasteiger partial charge is 0.363 e. The van der Waals surface area contributed by atoms with Gasteiger partial charge in [0, 0.05) is 31.5 Å². The van der Waals surface area contributed by atoms with E-state index in [1.807, 2.05) is 12.3 Å². The second-order valence-corrected chi connectivity index (χ2v) is 5.12. The zero-order chi connectivity index (χ0) is 12.0. The second-order valence-electron chi connectivity index (χ2n) is 4.68. The number of nitrogens with zero attached hydrogens (tertiary/aromatic N) is 1. The molecule has 92 valence electrons. The average Bonchev–Trinajstić information content (AvgIpc) is 2.58. The van der Waals surface area contributed by atoms with Crippen LogP contribution in [0, 0.1) is 5.92 Å². The molecule has 0 bridgehead atoms. The van der Waals surface area contributed by atoms with Gasteiger partial charge in [0.15, 0.2) is 0 Å². The van der Waals surface area contributed by atoms with Crippen LogP contribution >= 0.6 is 11.6 Å². The predicted octanol–water partition coefficient (Wildman–Crippen LogP) is 2.35. The van der Waals surface area contributed by atoms with E-state index in [1.165, 1.54) is 0 Å². The fraction of sp³-hybridized carbons (Fsp3) is 0.667. The van der Waals surface area contributed by atoms with Gasteiger partial charge in [-0.2, -0.15) is 0 Å². The molecule has 0 aliphatic carbocycles. The van der Waals surface area contributed by atoms with Crippen LogP contribution < -0.4 is 5.32 Å². The maximum Gasteiger partial charge on any atom is 0.0583 e. The van der Waals surface area contributed by atoms with Crippen LogP contribution in [0.15, 0.2) is 12.3 Å². The van der Waals surface area contributed by atoms with Crippen LogP contribution in [-0.2, 0) is 6.54 Å². The summed E-state index contributed by atoms with van der Waals surface area (Å²) >= 11 is 5.84. The van der Waals surface area contributed by atoms with Crippen LogP contribution in [0.25, 0.3) is 0 Å². The molecular weight excluding hydrogens is 222 g/mol. The van der Waals surface area contributed by atoms with Crippen LogP contribution in [0.5, 0.6) is 0 Å². The second kappa shape index (κ2) is 6.94. The van der Waals surface area contributed by atoms with E-state index in [2.05, 4.69) is 36.1 Å². The van der Waals surface area contributed by atoms with Gasteiger partial charge in [-0.05, 0) is 25.6 Å². The lowest BCUT2D eigenvalue weighted by Crippen LogP contribution is -2.30. The van der Waals surface area contributed by atoms with Crippen molar-refractivity contribution in [1.29, 1.82) is 0 Å². The summed E-state index contributed by atoms with van der Waals surface area (Å²) in [5, 5.41) is 4.21. The molecule has 0 unspecified atom stereocenters. The van der Waals surface area contributed by atoms with E-state index >= 15 is 0 Å². The molecule has 0 aliphatic rings. The van der Waals surface area contributed by atoms with Crippen LogP contribution in [-0.4, -0.2) is 36.6 Å². The molecule has 0 spiro atoms. The molecule has 0 atom stereocenters. The Morgan fingerprint density at radius 1 is 1.50 bits per heavy atom. The van der Waals surface area contributed by atoms with Crippen LogP contribution in [0.3, 0.4) is 0 Å². The Morgan fingerprint density at radius 3 is 2.81 bits per heavy atom. The molecule has 0 radical (unpaired) electrons. The maximum atomic E-state index is 5.84. The van der Waals surface area contributed by atoms with Crippen molar-refractivity contribution in [2.75, 3.05) is 26.7 Å². The molecule has 0 saturated carbocycles. The van der Waals surface area contributed by atoms with Gasteiger partial charge in [-0.3, -0.25) is 4.90 Å². The van der Waals surface area contributed by atoms with Gasteiger partial charge >= 0.3 is 0 Å². The van der Waals surface area contributed by atoms with Crippen molar-refractivity contribution in [2.24, 2.45) is 5.92 Å². The number of nitrogens with one attached hydrogen (secondary N) is 2. The highest BCUT2D eigenvalue weighted by molar-refractivity contribution is 6.30. The molecule has 2 N–H and O–H groups in total. The highest BCUT2D eigenvalue weighted by Crippen LogP contribution is 2.10. The van der Waals surface area contributed by atoms with Crippen molar-refractivity contribution >= 4 is 11.6 Å². The van der Waals surface area contributed by atoms with Crippen LogP contribution in [0.4, 0.5) is 0 Å². The number of aromatic amines is 1. The molecule has 1 rings (SSSR count). The minimum Gasteiger partial charge on any atom is -0.363 e. The monoisotopic (exact) mass is 243 g/mol. The third-order valence-electron chi connectivity index (χ3n) is 2.37. The molecule has 1 aromatic heterocycles. The molecule has 1 aromatic rings. The van der Waals surface area contributed by atoms with Gasteiger partial charge in [-0.25, -0.2) is 0 Å². The van der Waals surface area contributed by atoms with Crippen molar-refractivity contribution < 1.29 is 0 Å². The quantitative estimate of drug-likeness (QED) is 0.721. The number of rotatable bonds is 7. The minimum absolute atomic E-state index is 0.715. The predicted molar refractivity (Wildman–Crippen MR) is 69.8 cm³/mol. The average molecular weight is 244 g/mol. The summed E-state index contributed by atoms with van der Waals surface area (Å²) in [5.74, 6) is 0.715. The fourth-order valence-corrected chi connectivity index (χ4v) is 1.72. The van der Waals surface area contributed by atoms with Crippen molar-refractivity contribution in [3.05, 3.63) is 23.0 Å². The zero-order valence-corrected chi connectivity index (χ0v) is 11.1. The number of H-pyrrole nitrogens is 1.